The van der Waals surface area contributed by atoms with Crippen LogP contribution in [0.3, 0.4) is 0 Å². The highest BCUT2D eigenvalue weighted by Crippen LogP contribution is 2.32. The molecule has 4 nitrogen and oxygen atoms in total. The van der Waals surface area contributed by atoms with Gasteiger partial charge in [0, 0.05) is 5.56 Å². The highest BCUT2D eigenvalue weighted by Gasteiger charge is 2.30. The number of benzene rings is 1. The molecular formula is C12H12F3NO3. The van der Waals surface area contributed by atoms with E-state index in [1.807, 2.05) is 0 Å². The lowest BCUT2D eigenvalue weighted by Gasteiger charge is -2.17. The van der Waals surface area contributed by atoms with Gasteiger partial charge >= 0.3 is 6.18 Å². The summed E-state index contributed by atoms with van der Waals surface area (Å²) in [7, 11) is 1.25. The van der Waals surface area contributed by atoms with E-state index in [-0.39, 0.29) is 13.3 Å². The predicted molar refractivity (Wildman–Crippen MR) is 60.4 cm³/mol. The summed E-state index contributed by atoms with van der Waals surface area (Å²) in [5, 5.41) is 0. The Balaban J connectivity index is 2.00. The zero-order valence-electron chi connectivity index (χ0n) is 10.2. The number of carbonyl (C=O) groups is 1. The van der Waals surface area contributed by atoms with E-state index in [2.05, 4.69) is 0 Å². The lowest BCUT2D eigenvalue weighted by molar-refractivity contribution is -0.141. The molecular weight excluding hydrogens is 263 g/mol. The van der Waals surface area contributed by atoms with Crippen LogP contribution >= 0.6 is 0 Å². The van der Waals surface area contributed by atoms with E-state index in [0.29, 0.717) is 17.1 Å². The maximum Gasteiger partial charge on any atom is 0.401 e. The van der Waals surface area contributed by atoms with Crippen LogP contribution in [-0.2, 0) is 0 Å². The number of alkyl halides is 3. The quantitative estimate of drug-likeness (QED) is 0.789. The second kappa shape index (κ2) is 5.08. The molecule has 2 rings (SSSR count). The van der Waals surface area contributed by atoms with Crippen LogP contribution in [0, 0.1) is 0 Å². The molecule has 104 valence electrons. The number of Topliss-reactive ketones (excluding diaryl/α,β-unsaturated/α-hetero) is 1. The van der Waals surface area contributed by atoms with Crippen molar-refractivity contribution in [1.82, 2.24) is 4.90 Å². The Morgan fingerprint density at radius 1 is 1.32 bits per heavy atom. The number of likely N-dealkylation sites (N-methyl/N-ethyl adjacent to an activating group) is 1. The Kier molecular flexibility index (Phi) is 3.66. The maximum atomic E-state index is 12.1. The van der Waals surface area contributed by atoms with Crippen LogP contribution in [0.5, 0.6) is 11.5 Å². The summed E-state index contributed by atoms with van der Waals surface area (Å²) >= 11 is 0. The molecule has 0 radical (unpaired) electrons. The van der Waals surface area contributed by atoms with Crippen molar-refractivity contribution in [2.24, 2.45) is 0 Å². The van der Waals surface area contributed by atoms with Crippen molar-refractivity contribution in [1.29, 1.82) is 0 Å². The Morgan fingerprint density at radius 2 is 2.00 bits per heavy atom. The number of rotatable bonds is 4. The molecule has 0 atom stereocenters. The van der Waals surface area contributed by atoms with Crippen molar-refractivity contribution in [3.05, 3.63) is 23.8 Å². The molecule has 0 aliphatic carbocycles. The molecule has 0 spiro atoms. The minimum Gasteiger partial charge on any atom is -0.454 e. The molecule has 0 fully saturated rings. The van der Waals surface area contributed by atoms with Gasteiger partial charge in [0.1, 0.15) is 0 Å². The molecule has 7 heteroatoms. The normalized spacial score (nSPS) is 13.9. The van der Waals surface area contributed by atoms with Gasteiger partial charge in [-0.3, -0.25) is 9.69 Å². The summed E-state index contributed by atoms with van der Waals surface area (Å²) in [6.45, 7) is -1.34. The third kappa shape index (κ3) is 3.60. The van der Waals surface area contributed by atoms with Crippen molar-refractivity contribution in [3.63, 3.8) is 0 Å². The van der Waals surface area contributed by atoms with Gasteiger partial charge < -0.3 is 9.47 Å². The fourth-order valence-corrected chi connectivity index (χ4v) is 1.77. The van der Waals surface area contributed by atoms with Crippen molar-refractivity contribution in [2.45, 2.75) is 6.18 Å². The first-order chi connectivity index (χ1) is 8.85. The third-order valence-electron chi connectivity index (χ3n) is 2.56. The maximum absolute atomic E-state index is 12.1. The molecule has 1 heterocycles. The van der Waals surface area contributed by atoms with Crippen molar-refractivity contribution < 1.29 is 27.4 Å². The molecule has 1 aromatic carbocycles. The van der Waals surface area contributed by atoms with Crippen molar-refractivity contribution >= 4 is 5.78 Å². The molecule has 0 unspecified atom stereocenters. The monoisotopic (exact) mass is 275 g/mol. The molecule has 1 aliphatic rings. The lowest BCUT2D eigenvalue weighted by Crippen LogP contribution is -2.34. The number of hydrogen-bond acceptors (Lipinski definition) is 4. The summed E-state index contributed by atoms with van der Waals surface area (Å²) in [5.74, 6) is 0.564. The van der Waals surface area contributed by atoms with Gasteiger partial charge in [-0.25, -0.2) is 0 Å². The Morgan fingerprint density at radius 3 is 2.68 bits per heavy atom. The van der Waals surface area contributed by atoms with Gasteiger partial charge in [0.05, 0.1) is 13.1 Å². The van der Waals surface area contributed by atoms with Gasteiger partial charge in [0.2, 0.25) is 6.79 Å². The van der Waals surface area contributed by atoms with Crippen LogP contribution in [0.15, 0.2) is 18.2 Å². The summed E-state index contributed by atoms with van der Waals surface area (Å²) in [5.41, 5.74) is 0.304. The van der Waals surface area contributed by atoms with Gasteiger partial charge in [0.25, 0.3) is 0 Å². The molecule has 0 N–H and O–H groups in total. The first-order valence-corrected chi connectivity index (χ1v) is 5.53. The van der Waals surface area contributed by atoms with Crippen LogP contribution in [0.1, 0.15) is 10.4 Å². The van der Waals surface area contributed by atoms with Crippen LogP contribution < -0.4 is 9.47 Å². The SMILES string of the molecule is CN(CC(=O)c1ccc2c(c1)OCO2)CC(F)(F)F. The van der Waals surface area contributed by atoms with E-state index >= 15 is 0 Å². The van der Waals surface area contributed by atoms with Crippen molar-refractivity contribution in [2.75, 3.05) is 26.9 Å². The molecule has 19 heavy (non-hydrogen) atoms. The summed E-state index contributed by atoms with van der Waals surface area (Å²) in [4.78, 5) is 12.8. The van der Waals surface area contributed by atoms with Gasteiger partial charge in [0.15, 0.2) is 17.3 Å². The lowest BCUT2D eigenvalue weighted by atomic mass is 10.1. The highest BCUT2D eigenvalue weighted by molar-refractivity contribution is 5.98. The summed E-state index contributed by atoms with van der Waals surface area (Å²) < 4.78 is 46.6. The van der Waals surface area contributed by atoms with E-state index in [9.17, 15) is 18.0 Å². The molecule has 0 saturated carbocycles. The van der Waals surface area contributed by atoms with E-state index < -0.39 is 18.5 Å². The summed E-state index contributed by atoms with van der Waals surface area (Å²) in [6, 6.07) is 4.56. The number of halogens is 3. The number of hydrogen-bond donors (Lipinski definition) is 0. The Bertz CT molecular complexity index is 488. The van der Waals surface area contributed by atoms with E-state index in [0.717, 1.165) is 4.90 Å². The molecule has 0 saturated heterocycles. The van der Waals surface area contributed by atoms with Gasteiger partial charge in [-0.1, -0.05) is 0 Å². The van der Waals surface area contributed by atoms with E-state index in [1.165, 1.54) is 19.2 Å². The standard InChI is InChI=1S/C12H12F3NO3/c1-16(6-12(13,14)15)5-9(17)8-2-3-10-11(4-8)19-7-18-10/h2-4H,5-7H2,1H3. The fourth-order valence-electron chi connectivity index (χ4n) is 1.77. The minimum absolute atomic E-state index is 0.0843. The number of carbonyl (C=O) groups excluding carboxylic acids is 1. The smallest absolute Gasteiger partial charge is 0.401 e. The highest BCUT2D eigenvalue weighted by atomic mass is 19.4. The van der Waals surface area contributed by atoms with Crippen LogP contribution in [0.2, 0.25) is 0 Å². The molecule has 0 bridgehead atoms. The Labute approximate surface area is 107 Å². The minimum atomic E-state index is -4.32. The van der Waals surface area contributed by atoms with Crippen molar-refractivity contribution in [3.8, 4) is 11.5 Å². The average Bonchev–Trinajstić information content (AvgIpc) is 2.72. The van der Waals surface area contributed by atoms with Crippen LogP contribution in [0.4, 0.5) is 13.2 Å². The zero-order chi connectivity index (χ0) is 14.0. The van der Waals surface area contributed by atoms with Gasteiger partial charge in [-0.15, -0.1) is 0 Å². The third-order valence-corrected chi connectivity index (χ3v) is 2.56. The first-order valence-electron chi connectivity index (χ1n) is 5.53. The van der Waals surface area contributed by atoms with Gasteiger partial charge in [-0.2, -0.15) is 13.2 Å². The molecule has 0 amide bonds. The molecule has 0 aromatic heterocycles. The molecule has 1 aromatic rings. The topological polar surface area (TPSA) is 38.8 Å². The predicted octanol–water partition coefficient (Wildman–Crippen LogP) is 2.09. The number of fused-ring (bicyclic) bond motifs is 1. The average molecular weight is 275 g/mol. The molecule has 1 aliphatic heterocycles. The zero-order valence-corrected chi connectivity index (χ0v) is 10.2. The number of ketones is 1. The van der Waals surface area contributed by atoms with Crippen LogP contribution in [0.25, 0.3) is 0 Å². The Hall–Kier alpha value is -1.76. The second-order valence-corrected chi connectivity index (χ2v) is 4.28. The van der Waals surface area contributed by atoms with E-state index in [1.54, 1.807) is 6.07 Å². The largest absolute Gasteiger partial charge is 0.454 e. The number of nitrogens with zero attached hydrogens (tertiary/aromatic N) is 1. The first kappa shape index (κ1) is 13.7. The van der Waals surface area contributed by atoms with E-state index in [4.69, 9.17) is 9.47 Å². The summed E-state index contributed by atoms with van der Waals surface area (Å²) in [6.07, 6.45) is -4.32. The fraction of sp³-hybridized carbons (Fsp3) is 0.417. The second-order valence-electron chi connectivity index (χ2n) is 4.28. The number of ether oxygens (including phenoxy) is 2. The van der Waals surface area contributed by atoms with Gasteiger partial charge in [-0.05, 0) is 25.2 Å². The van der Waals surface area contributed by atoms with Crippen LogP contribution in [-0.4, -0.2) is 43.8 Å².